The Labute approximate surface area is 210 Å². The third-order valence-corrected chi connectivity index (χ3v) is 6.03. The molecule has 176 valence electrons. The van der Waals surface area contributed by atoms with Crippen LogP contribution in [-0.4, -0.2) is 18.5 Å². The minimum absolute atomic E-state index is 0.101. The highest BCUT2D eigenvalue weighted by molar-refractivity contribution is 6.23. The molecule has 1 aliphatic rings. The number of ether oxygens (including phenoxy) is 1. The molecule has 4 aromatic rings. The molecule has 0 bridgehead atoms. The Morgan fingerprint density at radius 3 is 1.94 bits per heavy atom. The van der Waals surface area contributed by atoms with Crippen LogP contribution in [0.3, 0.4) is 0 Å². The zero-order valence-electron chi connectivity index (χ0n) is 19.9. The summed E-state index contributed by atoms with van der Waals surface area (Å²) in [7, 11) is 0. The minimum atomic E-state index is -0.356. The first-order valence-electron chi connectivity index (χ1n) is 11.9. The lowest BCUT2D eigenvalue weighted by Gasteiger charge is -2.21. The second-order valence-electron chi connectivity index (χ2n) is 8.39. The summed E-state index contributed by atoms with van der Waals surface area (Å²) >= 11 is 0. The Kier molecular flexibility index (Phi) is 6.59. The molecule has 5 rings (SSSR count). The van der Waals surface area contributed by atoms with E-state index in [9.17, 15) is 9.59 Å². The standard InChI is InChI=1S/C32H25NO3/c1-2-36-32(35)27-15-13-23(14-16-27)21-28-22-30(26-11-7-4-8-12-26)33(31(28)34)29-19-17-25(18-20-29)24-9-5-3-6-10-24/h3-22H,2H2,1H3. The Morgan fingerprint density at radius 1 is 0.750 bits per heavy atom. The number of carbonyl (C=O) groups excluding carboxylic acids is 2. The third kappa shape index (κ3) is 4.75. The van der Waals surface area contributed by atoms with Crippen molar-refractivity contribution in [3.63, 3.8) is 0 Å². The number of amides is 1. The maximum atomic E-state index is 13.6. The molecule has 0 fully saturated rings. The number of rotatable bonds is 6. The first-order valence-corrected chi connectivity index (χ1v) is 11.9. The van der Waals surface area contributed by atoms with Crippen LogP contribution in [0.15, 0.2) is 121 Å². The fourth-order valence-corrected chi connectivity index (χ4v) is 4.24. The number of esters is 1. The predicted molar refractivity (Wildman–Crippen MR) is 144 cm³/mol. The van der Waals surface area contributed by atoms with Crippen LogP contribution in [0.2, 0.25) is 0 Å². The average Bonchev–Trinajstić information content (AvgIpc) is 3.26. The molecule has 0 atom stereocenters. The van der Waals surface area contributed by atoms with Crippen molar-refractivity contribution in [2.24, 2.45) is 0 Å². The van der Waals surface area contributed by atoms with E-state index in [1.807, 2.05) is 97.1 Å². The van der Waals surface area contributed by atoms with Crippen LogP contribution in [0.4, 0.5) is 5.69 Å². The first kappa shape index (κ1) is 23.1. The lowest BCUT2D eigenvalue weighted by atomic mass is 10.0. The van der Waals surface area contributed by atoms with Crippen molar-refractivity contribution in [2.45, 2.75) is 6.92 Å². The van der Waals surface area contributed by atoms with Crippen molar-refractivity contribution < 1.29 is 14.3 Å². The fourth-order valence-electron chi connectivity index (χ4n) is 4.24. The van der Waals surface area contributed by atoms with Gasteiger partial charge >= 0.3 is 5.97 Å². The van der Waals surface area contributed by atoms with Crippen LogP contribution in [-0.2, 0) is 9.53 Å². The summed E-state index contributed by atoms with van der Waals surface area (Å²) in [6.45, 7) is 2.11. The molecule has 0 radical (unpaired) electrons. The highest BCUT2D eigenvalue weighted by atomic mass is 16.5. The van der Waals surface area contributed by atoms with Crippen LogP contribution in [0.25, 0.3) is 22.9 Å². The molecule has 0 aromatic heterocycles. The Hall–Kier alpha value is -4.70. The van der Waals surface area contributed by atoms with Gasteiger partial charge in [0.1, 0.15) is 0 Å². The average molecular weight is 472 g/mol. The molecule has 4 aromatic carbocycles. The highest BCUT2D eigenvalue weighted by Gasteiger charge is 2.30. The van der Waals surface area contributed by atoms with Crippen molar-refractivity contribution in [2.75, 3.05) is 11.5 Å². The second-order valence-corrected chi connectivity index (χ2v) is 8.39. The normalized spacial score (nSPS) is 14.1. The molecule has 0 aliphatic carbocycles. The number of carbonyl (C=O) groups is 2. The maximum absolute atomic E-state index is 13.6. The molecule has 0 N–H and O–H groups in total. The summed E-state index contributed by atoms with van der Waals surface area (Å²) in [5.74, 6) is -0.458. The quantitative estimate of drug-likeness (QED) is 0.225. The highest BCUT2D eigenvalue weighted by Crippen LogP contribution is 2.36. The van der Waals surface area contributed by atoms with Crippen LogP contribution in [0.5, 0.6) is 0 Å². The Balaban J connectivity index is 1.49. The van der Waals surface area contributed by atoms with Crippen molar-refractivity contribution in [1.82, 2.24) is 0 Å². The van der Waals surface area contributed by atoms with Gasteiger partial charge in [0.05, 0.1) is 17.9 Å². The van der Waals surface area contributed by atoms with Gasteiger partial charge in [-0.1, -0.05) is 84.9 Å². The molecular formula is C32H25NO3. The van der Waals surface area contributed by atoms with Gasteiger partial charge in [0.15, 0.2) is 0 Å². The molecule has 0 saturated carbocycles. The van der Waals surface area contributed by atoms with Crippen molar-refractivity contribution in [3.05, 3.63) is 138 Å². The van der Waals surface area contributed by atoms with Gasteiger partial charge in [0.2, 0.25) is 0 Å². The molecule has 4 nitrogen and oxygen atoms in total. The molecule has 1 amide bonds. The van der Waals surface area contributed by atoms with Crippen molar-refractivity contribution >= 4 is 29.3 Å². The van der Waals surface area contributed by atoms with E-state index >= 15 is 0 Å². The predicted octanol–water partition coefficient (Wildman–Crippen LogP) is 7.00. The van der Waals surface area contributed by atoms with Gasteiger partial charge < -0.3 is 4.74 Å². The van der Waals surface area contributed by atoms with Gasteiger partial charge in [0, 0.05) is 11.3 Å². The fraction of sp³-hybridized carbons (Fsp3) is 0.0625. The van der Waals surface area contributed by atoms with Gasteiger partial charge in [-0.05, 0) is 65.6 Å². The molecular weight excluding hydrogens is 446 g/mol. The number of hydrogen-bond donors (Lipinski definition) is 0. The van der Waals surface area contributed by atoms with E-state index in [2.05, 4.69) is 12.1 Å². The van der Waals surface area contributed by atoms with Gasteiger partial charge in [0.25, 0.3) is 5.91 Å². The van der Waals surface area contributed by atoms with Gasteiger partial charge in [-0.3, -0.25) is 9.69 Å². The third-order valence-electron chi connectivity index (χ3n) is 6.03. The number of benzene rings is 4. The maximum Gasteiger partial charge on any atom is 0.338 e. The lowest BCUT2D eigenvalue weighted by Crippen LogP contribution is -2.24. The van der Waals surface area contributed by atoms with E-state index in [1.165, 1.54) is 0 Å². The minimum Gasteiger partial charge on any atom is -0.462 e. The van der Waals surface area contributed by atoms with Crippen molar-refractivity contribution in [1.29, 1.82) is 0 Å². The molecule has 0 unspecified atom stereocenters. The van der Waals surface area contributed by atoms with Crippen molar-refractivity contribution in [3.8, 4) is 11.1 Å². The number of hydrogen-bond acceptors (Lipinski definition) is 3. The van der Waals surface area contributed by atoms with Gasteiger partial charge in [-0.25, -0.2) is 4.79 Å². The topological polar surface area (TPSA) is 46.6 Å². The Morgan fingerprint density at radius 2 is 1.33 bits per heavy atom. The largest absolute Gasteiger partial charge is 0.462 e. The second kappa shape index (κ2) is 10.3. The smallest absolute Gasteiger partial charge is 0.338 e. The van der Waals surface area contributed by atoms with Gasteiger partial charge in [-0.2, -0.15) is 0 Å². The molecule has 1 aliphatic heterocycles. The Bertz CT molecular complexity index is 1440. The molecule has 0 spiro atoms. The monoisotopic (exact) mass is 471 g/mol. The van der Waals surface area contributed by atoms with E-state index in [0.717, 1.165) is 33.6 Å². The summed E-state index contributed by atoms with van der Waals surface area (Å²) < 4.78 is 5.06. The first-order chi connectivity index (χ1) is 17.6. The van der Waals surface area contributed by atoms with Crippen LogP contribution in [0.1, 0.15) is 28.4 Å². The van der Waals surface area contributed by atoms with Crippen LogP contribution >= 0.6 is 0 Å². The van der Waals surface area contributed by atoms with E-state index in [0.29, 0.717) is 17.7 Å². The SMILES string of the molecule is CCOC(=O)c1ccc(C=C2C=C(c3ccccc3)N(c3ccc(-c4ccccc4)cc3)C2=O)cc1. The van der Waals surface area contributed by atoms with Crippen LogP contribution < -0.4 is 4.90 Å². The van der Waals surface area contributed by atoms with Crippen LogP contribution in [0, 0.1) is 0 Å². The summed E-state index contributed by atoms with van der Waals surface area (Å²) in [6.07, 6.45) is 3.76. The van der Waals surface area contributed by atoms with E-state index in [4.69, 9.17) is 4.74 Å². The van der Waals surface area contributed by atoms with E-state index < -0.39 is 0 Å². The lowest BCUT2D eigenvalue weighted by molar-refractivity contribution is -0.113. The zero-order valence-corrected chi connectivity index (χ0v) is 19.9. The molecule has 36 heavy (non-hydrogen) atoms. The van der Waals surface area contributed by atoms with E-state index in [-0.39, 0.29) is 11.9 Å². The van der Waals surface area contributed by atoms with Gasteiger partial charge in [-0.15, -0.1) is 0 Å². The number of nitrogens with zero attached hydrogens (tertiary/aromatic N) is 1. The zero-order chi connectivity index (χ0) is 24.9. The van der Waals surface area contributed by atoms with E-state index in [1.54, 1.807) is 24.0 Å². The molecule has 4 heteroatoms. The summed E-state index contributed by atoms with van der Waals surface area (Å²) in [5.41, 5.74) is 6.69. The number of anilines is 1. The summed E-state index contributed by atoms with van der Waals surface area (Å²) in [6, 6.07) is 35.2. The summed E-state index contributed by atoms with van der Waals surface area (Å²) in [5, 5.41) is 0. The molecule has 1 heterocycles. The molecule has 0 saturated heterocycles. The summed E-state index contributed by atoms with van der Waals surface area (Å²) in [4.78, 5) is 27.4.